The van der Waals surface area contributed by atoms with E-state index in [4.69, 9.17) is 10.8 Å². The van der Waals surface area contributed by atoms with Gasteiger partial charge in [-0.1, -0.05) is 30.3 Å². The van der Waals surface area contributed by atoms with Crippen molar-refractivity contribution in [3.8, 4) is 0 Å². The Morgan fingerprint density at radius 3 is 2.38 bits per heavy atom. The Kier molecular flexibility index (Phi) is 2.62. The molecule has 3 nitrogen and oxygen atoms in total. The highest BCUT2D eigenvalue weighted by molar-refractivity contribution is 6.04. The second kappa shape index (κ2) is 3.94. The van der Waals surface area contributed by atoms with Crippen LogP contribution in [0.25, 0.3) is 10.8 Å². The Morgan fingerprint density at radius 1 is 1.19 bits per heavy atom. The highest BCUT2D eigenvalue weighted by atomic mass is 16.4. The first-order valence-electron chi connectivity index (χ1n) is 5.12. The Bertz CT molecular complexity index is 547. The Hall–Kier alpha value is -1.87. The summed E-state index contributed by atoms with van der Waals surface area (Å²) in [4.78, 5) is 11.1. The van der Waals surface area contributed by atoms with Gasteiger partial charge in [0.05, 0.1) is 5.56 Å². The molecule has 16 heavy (non-hydrogen) atoms. The van der Waals surface area contributed by atoms with Crippen LogP contribution in [0.4, 0.5) is 0 Å². The van der Waals surface area contributed by atoms with Gasteiger partial charge >= 0.3 is 5.97 Å². The lowest BCUT2D eigenvalue weighted by Crippen LogP contribution is -2.07. The predicted octanol–water partition coefficient (Wildman–Crippen LogP) is 2.56. The van der Waals surface area contributed by atoms with E-state index in [1.807, 2.05) is 31.2 Å². The molecule has 3 heteroatoms. The molecule has 0 aliphatic heterocycles. The van der Waals surface area contributed by atoms with Gasteiger partial charge in [0, 0.05) is 6.04 Å². The standard InChI is InChI=1S/C13H13NO2/c1-8(14)9-6-7-12(13(15)16)11-5-3-2-4-10(9)11/h2-8H,14H2,1H3,(H,15,16)/t8-/m1/s1. The highest BCUT2D eigenvalue weighted by Gasteiger charge is 2.12. The molecule has 0 spiro atoms. The lowest BCUT2D eigenvalue weighted by molar-refractivity contribution is 0.0699. The van der Waals surface area contributed by atoms with E-state index in [9.17, 15) is 4.79 Å². The number of rotatable bonds is 2. The fraction of sp³-hybridized carbons (Fsp3) is 0.154. The minimum Gasteiger partial charge on any atom is -0.478 e. The van der Waals surface area contributed by atoms with E-state index < -0.39 is 5.97 Å². The molecule has 0 saturated heterocycles. The van der Waals surface area contributed by atoms with Gasteiger partial charge in [-0.15, -0.1) is 0 Å². The fourth-order valence-corrected chi connectivity index (χ4v) is 1.91. The van der Waals surface area contributed by atoms with Crippen LogP contribution in [0.5, 0.6) is 0 Å². The summed E-state index contributed by atoms with van der Waals surface area (Å²) < 4.78 is 0. The normalized spacial score (nSPS) is 12.6. The lowest BCUT2D eigenvalue weighted by Gasteiger charge is -2.11. The van der Waals surface area contributed by atoms with Crippen LogP contribution in [0.15, 0.2) is 36.4 Å². The summed E-state index contributed by atoms with van der Waals surface area (Å²) in [6.07, 6.45) is 0. The highest BCUT2D eigenvalue weighted by Crippen LogP contribution is 2.26. The number of aromatic carboxylic acids is 1. The zero-order valence-electron chi connectivity index (χ0n) is 8.97. The van der Waals surface area contributed by atoms with Crippen LogP contribution in [-0.4, -0.2) is 11.1 Å². The summed E-state index contributed by atoms with van der Waals surface area (Å²) >= 11 is 0. The maximum Gasteiger partial charge on any atom is 0.336 e. The van der Waals surface area contributed by atoms with Crippen molar-refractivity contribution in [2.24, 2.45) is 5.73 Å². The monoisotopic (exact) mass is 215 g/mol. The number of fused-ring (bicyclic) bond motifs is 1. The van der Waals surface area contributed by atoms with Gasteiger partial charge in [0.2, 0.25) is 0 Å². The summed E-state index contributed by atoms with van der Waals surface area (Å²) in [5.41, 5.74) is 7.15. The SMILES string of the molecule is C[C@@H](N)c1ccc(C(=O)O)c2ccccc12. The molecule has 0 amide bonds. The molecule has 3 N–H and O–H groups in total. The van der Waals surface area contributed by atoms with Gasteiger partial charge in [0.1, 0.15) is 0 Å². The van der Waals surface area contributed by atoms with E-state index in [-0.39, 0.29) is 6.04 Å². The number of nitrogens with two attached hydrogens (primary N) is 1. The summed E-state index contributed by atoms with van der Waals surface area (Å²) in [5.74, 6) is -0.910. The molecule has 0 fully saturated rings. The molecule has 0 aliphatic carbocycles. The first kappa shape index (κ1) is 10.6. The summed E-state index contributed by atoms with van der Waals surface area (Å²) in [7, 11) is 0. The molecule has 0 aromatic heterocycles. The smallest absolute Gasteiger partial charge is 0.336 e. The van der Waals surface area contributed by atoms with E-state index >= 15 is 0 Å². The zero-order valence-corrected chi connectivity index (χ0v) is 8.97. The second-order valence-electron chi connectivity index (χ2n) is 3.84. The van der Waals surface area contributed by atoms with Crippen molar-refractivity contribution in [3.05, 3.63) is 47.5 Å². The Balaban J connectivity index is 2.82. The molecule has 0 heterocycles. The van der Waals surface area contributed by atoms with Gasteiger partial charge in [-0.3, -0.25) is 0 Å². The Labute approximate surface area is 93.5 Å². The Morgan fingerprint density at radius 2 is 1.81 bits per heavy atom. The minimum atomic E-state index is -0.910. The van der Waals surface area contributed by atoms with Crippen molar-refractivity contribution in [1.82, 2.24) is 0 Å². The maximum absolute atomic E-state index is 11.1. The number of hydrogen-bond acceptors (Lipinski definition) is 2. The third-order valence-electron chi connectivity index (χ3n) is 2.68. The van der Waals surface area contributed by atoms with Crippen molar-refractivity contribution < 1.29 is 9.90 Å². The van der Waals surface area contributed by atoms with Gasteiger partial charge in [-0.2, -0.15) is 0 Å². The topological polar surface area (TPSA) is 63.3 Å². The van der Waals surface area contributed by atoms with Crippen molar-refractivity contribution >= 4 is 16.7 Å². The number of carboxylic acids is 1. The van der Waals surface area contributed by atoms with E-state index in [0.717, 1.165) is 16.3 Å². The minimum absolute atomic E-state index is 0.104. The lowest BCUT2D eigenvalue weighted by atomic mass is 9.96. The zero-order chi connectivity index (χ0) is 11.7. The number of hydrogen-bond donors (Lipinski definition) is 2. The van der Waals surface area contributed by atoms with Crippen molar-refractivity contribution in [2.75, 3.05) is 0 Å². The molecule has 2 rings (SSSR count). The number of carbonyl (C=O) groups is 1. The summed E-state index contributed by atoms with van der Waals surface area (Å²) in [5, 5.41) is 10.7. The van der Waals surface area contributed by atoms with E-state index in [1.165, 1.54) is 0 Å². The fourth-order valence-electron chi connectivity index (χ4n) is 1.91. The largest absolute Gasteiger partial charge is 0.478 e. The van der Waals surface area contributed by atoms with Crippen LogP contribution in [0.2, 0.25) is 0 Å². The van der Waals surface area contributed by atoms with Crippen molar-refractivity contribution in [1.29, 1.82) is 0 Å². The molecular weight excluding hydrogens is 202 g/mol. The van der Waals surface area contributed by atoms with Crippen molar-refractivity contribution in [3.63, 3.8) is 0 Å². The third kappa shape index (κ3) is 1.66. The molecular formula is C13H13NO2. The quantitative estimate of drug-likeness (QED) is 0.809. The van der Waals surface area contributed by atoms with Crippen LogP contribution >= 0.6 is 0 Å². The molecule has 0 unspecified atom stereocenters. The molecule has 2 aromatic rings. The molecule has 0 bridgehead atoms. The second-order valence-corrected chi connectivity index (χ2v) is 3.84. The molecule has 0 saturated carbocycles. The van der Waals surface area contributed by atoms with E-state index in [2.05, 4.69) is 0 Å². The van der Waals surface area contributed by atoms with Crippen LogP contribution in [0, 0.1) is 0 Å². The van der Waals surface area contributed by atoms with Crippen LogP contribution < -0.4 is 5.73 Å². The van der Waals surface area contributed by atoms with Gasteiger partial charge in [0.25, 0.3) is 0 Å². The van der Waals surface area contributed by atoms with Gasteiger partial charge in [-0.05, 0) is 29.3 Å². The molecule has 0 radical (unpaired) electrons. The maximum atomic E-state index is 11.1. The van der Waals surface area contributed by atoms with E-state index in [1.54, 1.807) is 12.1 Å². The average molecular weight is 215 g/mol. The third-order valence-corrected chi connectivity index (χ3v) is 2.68. The number of benzene rings is 2. The summed E-state index contributed by atoms with van der Waals surface area (Å²) in [6.45, 7) is 1.89. The van der Waals surface area contributed by atoms with Crippen LogP contribution in [0.1, 0.15) is 28.9 Å². The summed E-state index contributed by atoms with van der Waals surface area (Å²) in [6, 6.07) is 10.7. The molecule has 0 aliphatic rings. The van der Waals surface area contributed by atoms with Gasteiger partial charge in [-0.25, -0.2) is 4.79 Å². The van der Waals surface area contributed by atoms with Gasteiger partial charge in [0.15, 0.2) is 0 Å². The van der Waals surface area contributed by atoms with Crippen molar-refractivity contribution in [2.45, 2.75) is 13.0 Å². The predicted molar refractivity (Wildman–Crippen MR) is 63.5 cm³/mol. The van der Waals surface area contributed by atoms with Gasteiger partial charge < -0.3 is 10.8 Å². The molecule has 82 valence electrons. The molecule has 2 aromatic carbocycles. The average Bonchev–Trinajstić information content (AvgIpc) is 2.27. The molecule has 1 atom stereocenters. The number of carboxylic acid groups (broad SMARTS) is 1. The van der Waals surface area contributed by atoms with E-state index in [0.29, 0.717) is 5.56 Å². The first-order chi connectivity index (χ1) is 7.61. The van der Waals surface area contributed by atoms with Crippen LogP contribution in [-0.2, 0) is 0 Å². The first-order valence-corrected chi connectivity index (χ1v) is 5.12. The van der Waals surface area contributed by atoms with Crippen LogP contribution in [0.3, 0.4) is 0 Å².